The van der Waals surface area contributed by atoms with E-state index in [0.717, 1.165) is 10.0 Å². The fourth-order valence-corrected chi connectivity index (χ4v) is 2.75. The molecule has 2 N–H and O–H groups in total. The highest BCUT2D eigenvalue weighted by Crippen LogP contribution is 2.28. The van der Waals surface area contributed by atoms with Crippen LogP contribution in [0.3, 0.4) is 0 Å². The minimum atomic E-state index is -0.338. The second kappa shape index (κ2) is 9.78. The lowest BCUT2D eigenvalue weighted by atomic mass is 10.1. The summed E-state index contributed by atoms with van der Waals surface area (Å²) in [5.41, 5.74) is 1.36. The molecule has 0 aliphatic heterocycles. The van der Waals surface area contributed by atoms with Crippen molar-refractivity contribution in [2.45, 2.75) is 0 Å². The van der Waals surface area contributed by atoms with Crippen LogP contribution in [0.1, 0.15) is 26.3 Å². The normalized spacial score (nSPS) is 10.0. The number of hydrogen-bond acceptors (Lipinski definition) is 4. The number of carbonyl (C=O) groups is 2. The standard InChI is InChI=1S/C20H21BrN2O4/c1-13(26-3)17-12-14(21)8-9-18(17)27-11-10-23-20(25)16-7-5-4-6-15(16)19(24)22-2/h4-9,12H,1,10-11H2,2-3H3,(H,22,24)(H,23,25). The van der Waals surface area contributed by atoms with Gasteiger partial charge in [-0.2, -0.15) is 0 Å². The lowest BCUT2D eigenvalue weighted by Gasteiger charge is -2.14. The summed E-state index contributed by atoms with van der Waals surface area (Å²) < 4.78 is 11.8. The maximum atomic E-state index is 12.4. The Balaban J connectivity index is 1.98. The molecule has 142 valence electrons. The van der Waals surface area contributed by atoms with E-state index in [-0.39, 0.29) is 25.0 Å². The monoisotopic (exact) mass is 432 g/mol. The van der Waals surface area contributed by atoms with Gasteiger partial charge in [0.2, 0.25) is 0 Å². The van der Waals surface area contributed by atoms with Crippen LogP contribution >= 0.6 is 15.9 Å². The van der Waals surface area contributed by atoms with E-state index in [9.17, 15) is 9.59 Å². The van der Waals surface area contributed by atoms with Crippen molar-refractivity contribution in [3.05, 3.63) is 70.2 Å². The molecule has 0 saturated heterocycles. The Hall–Kier alpha value is -2.80. The molecule has 27 heavy (non-hydrogen) atoms. The topological polar surface area (TPSA) is 76.7 Å². The van der Waals surface area contributed by atoms with Crippen LogP contribution in [0.15, 0.2) is 53.5 Å². The van der Waals surface area contributed by atoms with Gasteiger partial charge < -0.3 is 20.1 Å². The highest BCUT2D eigenvalue weighted by molar-refractivity contribution is 9.10. The molecule has 0 heterocycles. The average molecular weight is 433 g/mol. The Bertz CT molecular complexity index is 852. The number of hydrogen-bond donors (Lipinski definition) is 2. The Morgan fingerprint density at radius 2 is 1.74 bits per heavy atom. The summed E-state index contributed by atoms with van der Waals surface area (Å²) in [7, 11) is 3.06. The summed E-state index contributed by atoms with van der Waals surface area (Å²) in [4.78, 5) is 24.2. The maximum absolute atomic E-state index is 12.4. The minimum absolute atomic E-state index is 0.250. The highest BCUT2D eigenvalue weighted by atomic mass is 79.9. The smallest absolute Gasteiger partial charge is 0.252 e. The van der Waals surface area contributed by atoms with Crippen molar-refractivity contribution in [3.63, 3.8) is 0 Å². The summed E-state index contributed by atoms with van der Waals surface area (Å²) >= 11 is 3.40. The summed E-state index contributed by atoms with van der Waals surface area (Å²) in [6.45, 7) is 4.37. The van der Waals surface area contributed by atoms with Crippen LogP contribution in [-0.4, -0.2) is 39.1 Å². The van der Waals surface area contributed by atoms with Crippen LogP contribution in [0, 0.1) is 0 Å². The summed E-state index contributed by atoms with van der Waals surface area (Å²) in [5.74, 6) is 0.435. The van der Waals surface area contributed by atoms with Gasteiger partial charge in [-0.1, -0.05) is 34.6 Å². The van der Waals surface area contributed by atoms with Gasteiger partial charge in [-0.25, -0.2) is 0 Å². The van der Waals surface area contributed by atoms with Crippen LogP contribution in [0.5, 0.6) is 5.75 Å². The van der Waals surface area contributed by atoms with E-state index in [1.54, 1.807) is 30.3 Å². The molecule has 0 saturated carbocycles. The SMILES string of the molecule is C=C(OC)c1cc(Br)ccc1OCCNC(=O)c1ccccc1C(=O)NC. The molecule has 0 spiro atoms. The van der Waals surface area contributed by atoms with Crippen molar-refractivity contribution in [2.75, 3.05) is 27.3 Å². The summed E-state index contributed by atoms with van der Waals surface area (Å²) in [5, 5.41) is 5.28. The average Bonchev–Trinajstić information content (AvgIpc) is 2.70. The number of nitrogens with one attached hydrogen (secondary N) is 2. The molecule has 0 aliphatic rings. The second-order valence-electron chi connectivity index (χ2n) is 5.50. The van der Waals surface area contributed by atoms with Gasteiger partial charge in [0.1, 0.15) is 18.1 Å². The Kier molecular flexibility index (Phi) is 7.43. The van der Waals surface area contributed by atoms with E-state index < -0.39 is 0 Å². The fraction of sp³-hybridized carbons (Fsp3) is 0.200. The molecule has 2 amide bonds. The van der Waals surface area contributed by atoms with Gasteiger partial charge in [0, 0.05) is 11.5 Å². The van der Waals surface area contributed by atoms with E-state index in [1.807, 2.05) is 12.1 Å². The van der Waals surface area contributed by atoms with Gasteiger partial charge >= 0.3 is 0 Å². The van der Waals surface area contributed by atoms with Gasteiger partial charge in [-0.15, -0.1) is 0 Å². The number of carbonyl (C=O) groups excluding carboxylic acids is 2. The molecule has 0 atom stereocenters. The van der Waals surface area contributed by atoms with Crippen LogP contribution < -0.4 is 15.4 Å². The number of halogens is 1. The molecule has 0 fully saturated rings. The first-order valence-corrected chi connectivity index (χ1v) is 9.02. The molecule has 0 radical (unpaired) electrons. The molecule has 0 aliphatic carbocycles. The first-order chi connectivity index (χ1) is 13.0. The Morgan fingerprint density at radius 1 is 1.07 bits per heavy atom. The van der Waals surface area contributed by atoms with Crippen molar-refractivity contribution >= 4 is 33.5 Å². The van der Waals surface area contributed by atoms with Gasteiger partial charge in [0.05, 0.1) is 30.3 Å². The maximum Gasteiger partial charge on any atom is 0.252 e. The number of amides is 2. The van der Waals surface area contributed by atoms with E-state index in [4.69, 9.17) is 9.47 Å². The zero-order valence-corrected chi connectivity index (χ0v) is 16.8. The molecule has 0 bridgehead atoms. The first-order valence-electron chi connectivity index (χ1n) is 8.22. The van der Waals surface area contributed by atoms with Crippen molar-refractivity contribution in [1.29, 1.82) is 0 Å². The van der Waals surface area contributed by atoms with Crippen molar-refractivity contribution in [3.8, 4) is 5.75 Å². The summed E-state index contributed by atoms with van der Waals surface area (Å²) in [6, 6.07) is 12.1. The van der Waals surface area contributed by atoms with Crippen molar-refractivity contribution in [1.82, 2.24) is 10.6 Å². The number of benzene rings is 2. The third-order valence-corrected chi connectivity index (χ3v) is 4.27. The number of ether oxygens (including phenoxy) is 2. The fourth-order valence-electron chi connectivity index (χ4n) is 2.39. The Labute approximate surface area is 166 Å². The largest absolute Gasteiger partial charge is 0.497 e. The predicted octanol–water partition coefficient (Wildman–Crippen LogP) is 3.23. The molecule has 2 aromatic rings. The van der Waals surface area contributed by atoms with E-state index in [0.29, 0.717) is 22.6 Å². The molecular weight excluding hydrogens is 412 g/mol. The molecule has 2 rings (SSSR count). The van der Waals surface area contributed by atoms with Gasteiger partial charge in [-0.05, 0) is 30.3 Å². The zero-order chi connectivity index (χ0) is 19.8. The van der Waals surface area contributed by atoms with E-state index in [1.165, 1.54) is 14.2 Å². The van der Waals surface area contributed by atoms with Crippen LogP contribution in [0.25, 0.3) is 5.76 Å². The molecular formula is C20H21BrN2O4. The number of methoxy groups -OCH3 is 1. The summed E-state index contributed by atoms with van der Waals surface area (Å²) in [6.07, 6.45) is 0. The van der Waals surface area contributed by atoms with E-state index in [2.05, 4.69) is 33.1 Å². The lowest BCUT2D eigenvalue weighted by Crippen LogP contribution is -2.30. The third kappa shape index (κ3) is 5.34. The van der Waals surface area contributed by atoms with Crippen LogP contribution in [0.2, 0.25) is 0 Å². The van der Waals surface area contributed by atoms with Crippen molar-refractivity contribution < 1.29 is 19.1 Å². The van der Waals surface area contributed by atoms with Crippen LogP contribution in [-0.2, 0) is 4.74 Å². The molecule has 0 unspecified atom stereocenters. The lowest BCUT2D eigenvalue weighted by molar-refractivity contribution is 0.0920. The molecule has 0 aromatic heterocycles. The third-order valence-electron chi connectivity index (χ3n) is 3.78. The van der Waals surface area contributed by atoms with Gasteiger partial charge in [0.25, 0.3) is 11.8 Å². The zero-order valence-electron chi connectivity index (χ0n) is 15.2. The quantitative estimate of drug-likeness (QED) is 0.495. The predicted molar refractivity (Wildman–Crippen MR) is 108 cm³/mol. The Morgan fingerprint density at radius 3 is 2.37 bits per heavy atom. The molecule has 6 nitrogen and oxygen atoms in total. The molecule has 7 heteroatoms. The molecule has 2 aromatic carbocycles. The minimum Gasteiger partial charge on any atom is -0.497 e. The number of rotatable bonds is 8. The highest BCUT2D eigenvalue weighted by Gasteiger charge is 2.15. The van der Waals surface area contributed by atoms with E-state index >= 15 is 0 Å². The first kappa shape index (κ1) is 20.5. The van der Waals surface area contributed by atoms with Crippen molar-refractivity contribution in [2.24, 2.45) is 0 Å². The van der Waals surface area contributed by atoms with Gasteiger partial charge in [0.15, 0.2) is 0 Å². The van der Waals surface area contributed by atoms with Crippen LogP contribution in [0.4, 0.5) is 0 Å². The van der Waals surface area contributed by atoms with Gasteiger partial charge in [-0.3, -0.25) is 9.59 Å². The second-order valence-corrected chi connectivity index (χ2v) is 6.41.